The number of sulfonamides is 1. The Kier molecular flexibility index (Phi) is 6.51. The third-order valence-corrected chi connectivity index (χ3v) is 7.83. The number of anilines is 1. The van der Waals surface area contributed by atoms with Crippen molar-refractivity contribution in [2.45, 2.75) is 36.1 Å². The van der Waals surface area contributed by atoms with Crippen LogP contribution < -0.4 is 14.8 Å². The summed E-state index contributed by atoms with van der Waals surface area (Å²) in [5.74, 6) is 0.260. The zero-order chi connectivity index (χ0) is 27.0. The minimum atomic E-state index is -3.87. The Balaban J connectivity index is 1.12. The van der Waals surface area contributed by atoms with Gasteiger partial charge in [0.05, 0.1) is 29.8 Å². The Morgan fingerprint density at radius 1 is 1.05 bits per heavy atom. The smallest absolute Gasteiger partial charge is 0.341 e. The van der Waals surface area contributed by atoms with E-state index in [2.05, 4.69) is 35.6 Å². The number of nitrogens with one attached hydrogen (secondary N) is 2. The number of nitrogens with zero attached hydrogens (tertiary/aromatic N) is 7. The van der Waals surface area contributed by atoms with E-state index in [0.717, 1.165) is 5.69 Å². The first-order valence-electron chi connectivity index (χ1n) is 11.9. The number of amides is 1. The maximum atomic E-state index is 13.0. The fraction of sp³-hybridized carbons (Fsp3) is 0.304. The molecule has 6 rings (SSSR count). The number of fused-ring (bicyclic) bond motifs is 1. The van der Waals surface area contributed by atoms with Crippen LogP contribution in [0.4, 0.5) is 5.69 Å². The first kappa shape index (κ1) is 25.1. The van der Waals surface area contributed by atoms with Gasteiger partial charge in [0.25, 0.3) is 0 Å². The van der Waals surface area contributed by atoms with E-state index in [1.807, 2.05) is 12.1 Å². The molecule has 2 fully saturated rings. The second kappa shape index (κ2) is 10.1. The lowest BCUT2D eigenvalue weighted by Gasteiger charge is -2.18. The Bertz CT molecular complexity index is 1560. The summed E-state index contributed by atoms with van der Waals surface area (Å²) in [6.45, 7) is 1.68. The fourth-order valence-corrected chi connectivity index (χ4v) is 5.78. The molecule has 39 heavy (non-hydrogen) atoms. The third-order valence-electron chi connectivity index (χ3n) is 6.32. The van der Waals surface area contributed by atoms with Gasteiger partial charge in [-0.05, 0) is 59.0 Å². The Morgan fingerprint density at radius 3 is 2.54 bits per heavy atom. The molecular formula is C23H23N9O6S. The van der Waals surface area contributed by atoms with Crippen LogP contribution in [-0.4, -0.2) is 80.8 Å². The van der Waals surface area contributed by atoms with Gasteiger partial charge in [0.2, 0.25) is 15.9 Å². The van der Waals surface area contributed by atoms with Gasteiger partial charge in [-0.2, -0.15) is 9.78 Å². The molecular weight excluding hydrogens is 530 g/mol. The lowest BCUT2D eigenvalue weighted by atomic mass is 10.1. The molecule has 202 valence electrons. The van der Waals surface area contributed by atoms with Crippen molar-refractivity contribution < 1.29 is 27.4 Å². The van der Waals surface area contributed by atoms with Crippen molar-refractivity contribution in [2.75, 3.05) is 18.5 Å². The largest absolute Gasteiger partial charge is 0.423 e. The number of ether oxygens (including phenoxy) is 3. The number of aromatic nitrogens is 7. The van der Waals surface area contributed by atoms with Crippen LogP contribution in [0.1, 0.15) is 13.0 Å². The normalized spacial score (nSPS) is 22.5. The van der Waals surface area contributed by atoms with E-state index in [1.54, 1.807) is 23.1 Å². The number of carbonyl (C=O) groups excluding carboxylic acids is 1. The van der Waals surface area contributed by atoms with E-state index in [9.17, 15) is 13.2 Å². The number of carbonyl (C=O) groups is 1. The first-order chi connectivity index (χ1) is 18.9. The van der Waals surface area contributed by atoms with Crippen LogP contribution in [0.2, 0.25) is 0 Å². The van der Waals surface area contributed by atoms with Crippen LogP contribution in [0.15, 0.2) is 66.1 Å². The van der Waals surface area contributed by atoms with Gasteiger partial charge >= 0.3 is 6.01 Å². The van der Waals surface area contributed by atoms with Gasteiger partial charge in [-0.3, -0.25) is 4.79 Å². The second-order valence-corrected chi connectivity index (χ2v) is 10.7. The highest BCUT2D eigenvalue weighted by molar-refractivity contribution is 7.89. The number of hydrogen-bond donors (Lipinski definition) is 2. The van der Waals surface area contributed by atoms with Crippen LogP contribution in [0.3, 0.4) is 0 Å². The van der Waals surface area contributed by atoms with Crippen molar-refractivity contribution in [1.29, 1.82) is 0 Å². The van der Waals surface area contributed by atoms with Crippen molar-refractivity contribution in [1.82, 2.24) is 39.7 Å². The van der Waals surface area contributed by atoms with Crippen molar-refractivity contribution in [3.8, 4) is 17.4 Å². The molecule has 4 atom stereocenters. The minimum Gasteiger partial charge on any atom is -0.423 e. The van der Waals surface area contributed by atoms with Crippen molar-refractivity contribution in [3.63, 3.8) is 0 Å². The summed E-state index contributed by atoms with van der Waals surface area (Å²) >= 11 is 0. The highest BCUT2D eigenvalue weighted by Gasteiger charge is 2.50. The predicted octanol–water partition coefficient (Wildman–Crippen LogP) is 0.690. The molecule has 0 radical (unpaired) electrons. The summed E-state index contributed by atoms with van der Waals surface area (Å²) in [6, 6.07) is 12.1. The Hall–Kier alpha value is -4.25. The van der Waals surface area contributed by atoms with Gasteiger partial charge < -0.3 is 19.5 Å². The molecule has 16 heteroatoms. The average molecular weight is 554 g/mol. The van der Waals surface area contributed by atoms with Crippen molar-refractivity contribution in [2.24, 2.45) is 0 Å². The molecule has 2 saturated heterocycles. The van der Waals surface area contributed by atoms with Crippen LogP contribution in [0, 0.1) is 0 Å². The lowest BCUT2D eigenvalue weighted by molar-refractivity contribution is -0.114. The van der Waals surface area contributed by atoms with E-state index in [4.69, 9.17) is 14.2 Å². The van der Waals surface area contributed by atoms with Gasteiger partial charge in [0.1, 0.15) is 36.7 Å². The van der Waals surface area contributed by atoms with Crippen molar-refractivity contribution in [3.05, 3.63) is 61.2 Å². The summed E-state index contributed by atoms with van der Waals surface area (Å²) in [4.78, 5) is 15.2. The molecule has 0 bridgehead atoms. The third kappa shape index (κ3) is 5.09. The van der Waals surface area contributed by atoms with Crippen molar-refractivity contribution >= 4 is 21.6 Å². The summed E-state index contributed by atoms with van der Waals surface area (Å²) in [5, 5.41) is 18.5. The predicted molar refractivity (Wildman–Crippen MR) is 133 cm³/mol. The molecule has 4 unspecified atom stereocenters. The molecule has 0 saturated carbocycles. The molecule has 2 aromatic heterocycles. The zero-order valence-corrected chi connectivity index (χ0v) is 21.3. The number of benzene rings is 2. The Labute approximate surface area is 222 Å². The highest BCUT2D eigenvalue weighted by atomic mass is 32.2. The first-order valence-corrected chi connectivity index (χ1v) is 13.4. The van der Waals surface area contributed by atoms with E-state index in [1.165, 1.54) is 42.2 Å². The molecule has 4 heterocycles. The van der Waals surface area contributed by atoms with Crippen LogP contribution in [0.25, 0.3) is 5.69 Å². The number of tetrazole rings is 1. The summed E-state index contributed by atoms with van der Waals surface area (Å²) in [6.07, 6.45) is 1.98. The molecule has 1 amide bonds. The van der Waals surface area contributed by atoms with E-state index in [0.29, 0.717) is 11.4 Å². The monoisotopic (exact) mass is 553 g/mol. The van der Waals surface area contributed by atoms with Crippen LogP contribution in [-0.2, 0) is 24.3 Å². The summed E-state index contributed by atoms with van der Waals surface area (Å²) in [5.41, 5.74) is 1.31. The quantitative estimate of drug-likeness (QED) is 0.314. The van der Waals surface area contributed by atoms with Gasteiger partial charge in [-0.15, -0.1) is 0 Å². The maximum Gasteiger partial charge on any atom is 0.341 e. The molecule has 15 nitrogen and oxygen atoms in total. The highest BCUT2D eigenvalue weighted by Crippen LogP contribution is 2.36. The molecule has 2 aliphatic heterocycles. The Morgan fingerprint density at radius 2 is 1.82 bits per heavy atom. The maximum absolute atomic E-state index is 13.0. The van der Waals surface area contributed by atoms with E-state index < -0.39 is 34.3 Å². The average Bonchev–Trinajstić information content (AvgIpc) is 3.72. The van der Waals surface area contributed by atoms with Crippen LogP contribution >= 0.6 is 0 Å². The number of hydrogen-bond acceptors (Lipinski definition) is 11. The minimum absolute atomic E-state index is 0.0561. The zero-order valence-electron chi connectivity index (χ0n) is 20.5. The van der Waals surface area contributed by atoms with Crippen LogP contribution in [0.5, 0.6) is 11.8 Å². The van der Waals surface area contributed by atoms with Gasteiger partial charge in [-0.25, -0.2) is 22.8 Å². The molecule has 0 spiro atoms. The van der Waals surface area contributed by atoms with Gasteiger partial charge in [0, 0.05) is 12.6 Å². The standard InChI is InChI=1S/C23H23N9O6S/c1-14(33)26-15-2-8-18(9-3-15)39(34,35)28-19-10-36-22-20(11-37-21(19)22)32-23(27-29-30-32)38-17-6-4-16(5-7-17)31-13-24-12-25-31/h2-9,12-13,19-22,28H,10-11H2,1H3,(H,26,33). The van der Waals surface area contributed by atoms with Gasteiger partial charge in [-0.1, -0.05) is 5.10 Å². The SMILES string of the molecule is CC(=O)Nc1ccc(S(=O)(=O)NC2COC3C2OCC3n2nnnc2Oc2ccc(-n3cncn3)cc2)cc1. The number of rotatable bonds is 8. The topological polar surface area (TPSA) is 177 Å². The summed E-state index contributed by atoms with van der Waals surface area (Å²) in [7, 11) is -3.87. The second-order valence-electron chi connectivity index (χ2n) is 8.94. The molecule has 2 aliphatic rings. The lowest BCUT2D eigenvalue weighted by Crippen LogP contribution is -2.44. The van der Waals surface area contributed by atoms with Gasteiger partial charge in [0.15, 0.2) is 0 Å². The molecule has 4 aromatic rings. The fourth-order valence-electron chi connectivity index (χ4n) is 4.55. The molecule has 2 N–H and O–H groups in total. The van der Waals surface area contributed by atoms with E-state index in [-0.39, 0.29) is 30.0 Å². The molecule has 2 aromatic carbocycles. The summed E-state index contributed by atoms with van der Waals surface area (Å²) < 4.78 is 49.6. The molecule has 0 aliphatic carbocycles. The van der Waals surface area contributed by atoms with E-state index >= 15 is 0 Å².